The summed E-state index contributed by atoms with van der Waals surface area (Å²) in [5.41, 5.74) is -0.577. The number of nitro groups is 1. The third-order valence-electron chi connectivity index (χ3n) is 2.56. The van der Waals surface area contributed by atoms with Crippen molar-refractivity contribution in [3.63, 3.8) is 0 Å². The molecular formula is C9H12NO4. The summed E-state index contributed by atoms with van der Waals surface area (Å²) in [6, 6.07) is 0. The predicted octanol–water partition coefficient (Wildman–Crippen LogP) is 1.28. The highest BCUT2D eigenvalue weighted by Crippen LogP contribution is 2.35. The van der Waals surface area contributed by atoms with Crippen LogP contribution in [0.5, 0.6) is 0 Å². The maximum atomic E-state index is 10.8. The highest BCUT2D eigenvalue weighted by Gasteiger charge is 2.51. The molecule has 0 saturated carbocycles. The Kier molecular flexibility index (Phi) is 2.59. The number of carboxylic acid groups (broad SMARTS) is 1. The Labute approximate surface area is 81.6 Å². The van der Waals surface area contributed by atoms with E-state index in [1.165, 1.54) is 13.3 Å². The van der Waals surface area contributed by atoms with Crippen LogP contribution in [0.25, 0.3) is 0 Å². The summed E-state index contributed by atoms with van der Waals surface area (Å²) in [7, 11) is 0. The van der Waals surface area contributed by atoms with Gasteiger partial charge in [-0.1, -0.05) is 11.6 Å². The van der Waals surface area contributed by atoms with Crippen LogP contribution in [0.15, 0.2) is 11.6 Å². The van der Waals surface area contributed by atoms with Crippen LogP contribution in [-0.2, 0) is 4.79 Å². The Hall–Kier alpha value is -1.39. The highest BCUT2D eigenvalue weighted by molar-refractivity contribution is 5.74. The molecule has 0 spiro atoms. The lowest BCUT2D eigenvalue weighted by Crippen LogP contribution is -2.48. The molecule has 0 amide bonds. The first-order valence-electron chi connectivity index (χ1n) is 4.26. The zero-order chi connectivity index (χ0) is 10.9. The Morgan fingerprint density at radius 3 is 2.79 bits per heavy atom. The van der Waals surface area contributed by atoms with Gasteiger partial charge in [-0.3, -0.25) is 14.9 Å². The molecule has 0 aromatic rings. The van der Waals surface area contributed by atoms with Gasteiger partial charge in [-0.25, -0.2) is 0 Å². The van der Waals surface area contributed by atoms with Crippen molar-refractivity contribution < 1.29 is 14.8 Å². The van der Waals surface area contributed by atoms with Gasteiger partial charge in [-0.05, 0) is 6.92 Å². The van der Waals surface area contributed by atoms with Crippen molar-refractivity contribution in [1.82, 2.24) is 0 Å². The maximum Gasteiger partial charge on any atom is 0.314 e. The standard InChI is InChI=1S/C9H12NO4/c1-6-3-4-7(8(11)12)9(2,5-6)10(13)14/h3-4,7H,5H2,1-2H3,(H,11,12). The second-order valence-electron chi connectivity index (χ2n) is 3.81. The van der Waals surface area contributed by atoms with Crippen LogP contribution >= 0.6 is 0 Å². The maximum absolute atomic E-state index is 10.8. The van der Waals surface area contributed by atoms with Crippen molar-refractivity contribution in [1.29, 1.82) is 0 Å². The minimum absolute atomic E-state index is 0.188. The molecule has 1 rings (SSSR count). The summed E-state index contributed by atoms with van der Waals surface area (Å²) in [6.07, 6.45) is 3.22. The fourth-order valence-corrected chi connectivity index (χ4v) is 1.73. The second-order valence-corrected chi connectivity index (χ2v) is 3.81. The fourth-order valence-electron chi connectivity index (χ4n) is 1.73. The van der Waals surface area contributed by atoms with Crippen molar-refractivity contribution in [2.24, 2.45) is 5.92 Å². The monoisotopic (exact) mass is 198 g/mol. The third kappa shape index (κ3) is 1.62. The first-order valence-corrected chi connectivity index (χ1v) is 4.26. The van der Waals surface area contributed by atoms with E-state index in [0.29, 0.717) is 0 Å². The Balaban J connectivity index is 3.06. The zero-order valence-electron chi connectivity index (χ0n) is 8.06. The first-order chi connectivity index (χ1) is 6.38. The van der Waals surface area contributed by atoms with Gasteiger partial charge in [-0.15, -0.1) is 0 Å². The van der Waals surface area contributed by atoms with E-state index in [1.807, 2.05) is 0 Å². The number of hydrogen-bond donors (Lipinski definition) is 1. The van der Waals surface area contributed by atoms with E-state index in [9.17, 15) is 14.9 Å². The van der Waals surface area contributed by atoms with Gasteiger partial charge in [0.05, 0.1) is 0 Å². The van der Waals surface area contributed by atoms with E-state index in [2.05, 4.69) is 0 Å². The zero-order valence-corrected chi connectivity index (χ0v) is 8.06. The van der Waals surface area contributed by atoms with Gasteiger partial charge in [0.2, 0.25) is 5.54 Å². The molecule has 0 saturated heterocycles. The van der Waals surface area contributed by atoms with Gasteiger partial charge in [0.25, 0.3) is 0 Å². The van der Waals surface area contributed by atoms with Gasteiger partial charge in [0.15, 0.2) is 0 Å². The number of allylic oxidation sites excluding steroid dienone is 1. The summed E-state index contributed by atoms with van der Waals surface area (Å²) in [5, 5.41) is 19.7. The lowest BCUT2D eigenvalue weighted by molar-refractivity contribution is -0.571. The van der Waals surface area contributed by atoms with Gasteiger partial charge < -0.3 is 5.11 Å². The molecule has 1 radical (unpaired) electrons. The van der Waals surface area contributed by atoms with Crippen molar-refractivity contribution in [3.05, 3.63) is 28.2 Å². The highest BCUT2D eigenvalue weighted by atomic mass is 16.6. The molecule has 2 atom stereocenters. The molecule has 1 aliphatic carbocycles. The van der Waals surface area contributed by atoms with Crippen LogP contribution in [0, 0.1) is 22.5 Å². The first kappa shape index (κ1) is 10.7. The van der Waals surface area contributed by atoms with Crippen molar-refractivity contribution >= 4 is 5.97 Å². The second kappa shape index (κ2) is 3.40. The van der Waals surface area contributed by atoms with Gasteiger partial charge in [0, 0.05) is 24.7 Å². The van der Waals surface area contributed by atoms with Crippen LogP contribution in [-0.4, -0.2) is 21.5 Å². The Bertz CT molecular complexity index is 310. The summed E-state index contributed by atoms with van der Waals surface area (Å²) in [6.45, 7) is 3.13. The number of hydrogen-bond acceptors (Lipinski definition) is 3. The normalized spacial score (nSPS) is 32.1. The molecule has 14 heavy (non-hydrogen) atoms. The van der Waals surface area contributed by atoms with Crippen molar-refractivity contribution in [2.45, 2.75) is 25.8 Å². The lowest BCUT2D eigenvalue weighted by atomic mass is 9.75. The van der Waals surface area contributed by atoms with Crippen LogP contribution in [0.1, 0.15) is 20.3 Å². The van der Waals surface area contributed by atoms with Gasteiger partial charge in [-0.2, -0.15) is 0 Å². The molecule has 0 heterocycles. The van der Waals surface area contributed by atoms with E-state index in [4.69, 9.17) is 5.11 Å². The largest absolute Gasteiger partial charge is 0.481 e. The van der Waals surface area contributed by atoms with E-state index in [-0.39, 0.29) is 6.42 Å². The lowest BCUT2D eigenvalue weighted by Gasteiger charge is -2.30. The van der Waals surface area contributed by atoms with Crippen LogP contribution in [0.2, 0.25) is 0 Å². The molecule has 0 bridgehead atoms. The molecule has 0 aromatic heterocycles. The molecule has 0 fully saturated rings. The van der Waals surface area contributed by atoms with E-state index < -0.39 is 22.3 Å². The summed E-state index contributed by atoms with van der Waals surface area (Å²) >= 11 is 0. The van der Waals surface area contributed by atoms with Crippen molar-refractivity contribution in [3.8, 4) is 0 Å². The average molecular weight is 198 g/mol. The van der Waals surface area contributed by atoms with Crippen LogP contribution < -0.4 is 0 Å². The van der Waals surface area contributed by atoms with E-state index in [1.54, 1.807) is 13.0 Å². The number of carboxylic acids is 1. The molecule has 2 unspecified atom stereocenters. The summed E-state index contributed by atoms with van der Waals surface area (Å²) < 4.78 is 0. The average Bonchev–Trinajstić information content (AvgIpc) is 2.02. The Morgan fingerprint density at radius 2 is 2.36 bits per heavy atom. The molecule has 1 N–H and O–H groups in total. The molecule has 5 heteroatoms. The third-order valence-corrected chi connectivity index (χ3v) is 2.56. The van der Waals surface area contributed by atoms with Gasteiger partial charge >= 0.3 is 5.97 Å². The summed E-state index contributed by atoms with van der Waals surface area (Å²) in [5.74, 6) is -2.19. The van der Waals surface area contributed by atoms with E-state index in [0.717, 1.165) is 5.57 Å². The predicted molar refractivity (Wildman–Crippen MR) is 49.2 cm³/mol. The number of aliphatic carboxylic acids is 1. The van der Waals surface area contributed by atoms with E-state index >= 15 is 0 Å². The minimum Gasteiger partial charge on any atom is -0.481 e. The minimum atomic E-state index is -1.41. The molecule has 5 nitrogen and oxygen atoms in total. The molecule has 0 aromatic carbocycles. The fraction of sp³-hybridized carbons (Fsp3) is 0.556. The SMILES string of the molecule is CC1=C[CH]C(C(=O)O)C(C)([N+](=O)[O-])C1. The molecule has 0 aliphatic heterocycles. The number of carbonyl (C=O) groups is 1. The molecule has 1 aliphatic rings. The molecule has 77 valence electrons. The number of rotatable bonds is 2. The van der Waals surface area contributed by atoms with Gasteiger partial charge in [0.1, 0.15) is 5.92 Å². The topological polar surface area (TPSA) is 80.4 Å². The van der Waals surface area contributed by atoms with Crippen LogP contribution in [0.3, 0.4) is 0 Å². The summed E-state index contributed by atoms with van der Waals surface area (Å²) in [4.78, 5) is 21.1. The molecular weight excluding hydrogens is 186 g/mol. The van der Waals surface area contributed by atoms with Crippen molar-refractivity contribution in [2.75, 3.05) is 0 Å². The number of nitrogens with zero attached hydrogens (tertiary/aromatic N) is 1. The Morgan fingerprint density at radius 1 is 1.79 bits per heavy atom. The van der Waals surface area contributed by atoms with Crippen LogP contribution in [0.4, 0.5) is 0 Å². The quantitative estimate of drug-likeness (QED) is 0.535. The smallest absolute Gasteiger partial charge is 0.314 e.